The topological polar surface area (TPSA) is 69.1 Å². The van der Waals surface area contributed by atoms with Crippen LogP contribution in [0.5, 0.6) is 0 Å². The number of imidazole rings is 2. The van der Waals surface area contributed by atoms with Gasteiger partial charge >= 0.3 is 0 Å². The Kier molecular flexibility index (Phi) is 3.43. The van der Waals surface area contributed by atoms with Gasteiger partial charge in [-0.1, -0.05) is 12.1 Å². The van der Waals surface area contributed by atoms with Crippen molar-refractivity contribution in [3.8, 4) is 23.2 Å². The number of benzene rings is 1. The number of para-hydroxylation sites is 2. The van der Waals surface area contributed by atoms with E-state index >= 15 is 0 Å². The molecule has 1 atom stereocenters. The molecule has 0 saturated carbocycles. The molecule has 1 aliphatic heterocycles. The molecule has 1 saturated heterocycles. The van der Waals surface area contributed by atoms with Crippen molar-refractivity contribution in [1.29, 1.82) is 0 Å². The maximum absolute atomic E-state index is 12.4. The van der Waals surface area contributed by atoms with Crippen LogP contribution in [0.3, 0.4) is 0 Å². The van der Waals surface area contributed by atoms with Crippen LogP contribution in [-0.4, -0.2) is 43.5 Å². The van der Waals surface area contributed by atoms with E-state index in [1.54, 1.807) is 11.1 Å². The minimum atomic E-state index is -0.225. The average Bonchev–Trinajstić information content (AvgIpc) is 3.44. The Bertz CT molecular complexity index is 1150. The lowest BCUT2D eigenvalue weighted by Crippen LogP contribution is -2.24. The number of amides is 1. The molecule has 0 aliphatic carbocycles. The SMILES string of the molecule is CN1CCC(n2ccnc2-c2ccc(-c3nc4ccccc4n3C)o2)C1=O. The highest BCUT2D eigenvalue weighted by atomic mass is 16.3. The molecule has 0 spiro atoms. The van der Waals surface area contributed by atoms with Crippen LogP contribution in [-0.2, 0) is 11.8 Å². The number of fused-ring (bicyclic) bond motifs is 1. The van der Waals surface area contributed by atoms with Gasteiger partial charge in [0.05, 0.1) is 11.0 Å². The van der Waals surface area contributed by atoms with E-state index in [2.05, 4.69) is 9.97 Å². The number of aryl methyl sites for hydroxylation is 1. The van der Waals surface area contributed by atoms with Crippen LogP contribution in [0.2, 0.25) is 0 Å². The van der Waals surface area contributed by atoms with Crippen LogP contribution in [0.15, 0.2) is 53.2 Å². The molecule has 136 valence electrons. The highest BCUT2D eigenvalue weighted by Gasteiger charge is 2.32. The third-order valence-electron chi connectivity index (χ3n) is 5.24. The second-order valence-electron chi connectivity index (χ2n) is 6.87. The number of likely N-dealkylation sites (tertiary alicyclic amines) is 1. The minimum Gasteiger partial charge on any atom is -0.450 e. The highest BCUT2D eigenvalue weighted by molar-refractivity contribution is 5.83. The predicted molar refractivity (Wildman–Crippen MR) is 101 cm³/mol. The Labute approximate surface area is 155 Å². The first-order chi connectivity index (χ1) is 13.1. The first kappa shape index (κ1) is 15.9. The zero-order chi connectivity index (χ0) is 18.5. The molecule has 7 heteroatoms. The molecule has 1 unspecified atom stereocenters. The van der Waals surface area contributed by atoms with Gasteiger partial charge in [-0.15, -0.1) is 0 Å². The van der Waals surface area contributed by atoms with Gasteiger partial charge in [-0.3, -0.25) is 4.79 Å². The van der Waals surface area contributed by atoms with Crippen LogP contribution >= 0.6 is 0 Å². The van der Waals surface area contributed by atoms with Crippen LogP contribution in [0.4, 0.5) is 0 Å². The first-order valence-corrected chi connectivity index (χ1v) is 8.93. The maximum atomic E-state index is 12.4. The summed E-state index contributed by atoms with van der Waals surface area (Å²) < 4.78 is 10.0. The zero-order valence-electron chi connectivity index (χ0n) is 15.2. The number of hydrogen-bond acceptors (Lipinski definition) is 4. The zero-order valence-corrected chi connectivity index (χ0v) is 15.2. The van der Waals surface area contributed by atoms with Gasteiger partial charge in [-0.25, -0.2) is 9.97 Å². The quantitative estimate of drug-likeness (QED) is 0.562. The molecule has 27 heavy (non-hydrogen) atoms. The van der Waals surface area contributed by atoms with Crippen LogP contribution in [0.1, 0.15) is 12.5 Å². The van der Waals surface area contributed by atoms with E-state index in [-0.39, 0.29) is 11.9 Å². The summed E-state index contributed by atoms with van der Waals surface area (Å²) in [5.74, 6) is 2.83. The second kappa shape index (κ2) is 5.84. The van der Waals surface area contributed by atoms with Crippen LogP contribution in [0, 0.1) is 0 Å². The van der Waals surface area contributed by atoms with Gasteiger partial charge in [0.25, 0.3) is 0 Å². The summed E-state index contributed by atoms with van der Waals surface area (Å²) in [6.45, 7) is 0.754. The molecular weight excluding hydrogens is 342 g/mol. The lowest BCUT2D eigenvalue weighted by molar-refractivity contribution is -0.129. The molecule has 1 aromatic carbocycles. The Morgan fingerprint density at radius 1 is 1.07 bits per heavy atom. The fourth-order valence-corrected chi connectivity index (χ4v) is 3.76. The highest BCUT2D eigenvalue weighted by Crippen LogP contribution is 2.32. The Morgan fingerprint density at radius 2 is 1.85 bits per heavy atom. The Hall–Kier alpha value is -3.35. The predicted octanol–water partition coefficient (Wildman–Crippen LogP) is 3.10. The fraction of sp³-hybridized carbons (Fsp3) is 0.250. The summed E-state index contributed by atoms with van der Waals surface area (Å²) in [6, 6.07) is 11.5. The van der Waals surface area contributed by atoms with E-state index in [0.717, 1.165) is 29.8 Å². The third-order valence-corrected chi connectivity index (χ3v) is 5.24. The van der Waals surface area contributed by atoms with Gasteiger partial charge in [0.15, 0.2) is 23.2 Å². The van der Waals surface area contributed by atoms with Crippen LogP contribution < -0.4 is 0 Å². The number of carbonyl (C=O) groups excluding carboxylic acids is 1. The molecule has 1 fully saturated rings. The fourth-order valence-electron chi connectivity index (χ4n) is 3.76. The smallest absolute Gasteiger partial charge is 0.245 e. The van der Waals surface area contributed by atoms with Crippen molar-refractivity contribution in [2.75, 3.05) is 13.6 Å². The van der Waals surface area contributed by atoms with Crippen molar-refractivity contribution in [2.45, 2.75) is 12.5 Å². The third kappa shape index (κ3) is 2.38. The van der Waals surface area contributed by atoms with E-state index in [4.69, 9.17) is 4.42 Å². The van der Waals surface area contributed by atoms with E-state index in [1.165, 1.54) is 0 Å². The molecule has 1 amide bonds. The lowest BCUT2D eigenvalue weighted by atomic mass is 10.2. The Balaban J connectivity index is 1.54. The van der Waals surface area contributed by atoms with Gasteiger partial charge in [-0.05, 0) is 30.7 Å². The summed E-state index contributed by atoms with van der Waals surface area (Å²) in [4.78, 5) is 23.3. The molecule has 0 bridgehead atoms. The van der Waals surface area contributed by atoms with Crippen molar-refractivity contribution in [2.24, 2.45) is 7.05 Å². The van der Waals surface area contributed by atoms with Gasteiger partial charge in [0, 0.05) is 33.0 Å². The maximum Gasteiger partial charge on any atom is 0.245 e. The standard InChI is InChI=1S/C20H19N5O2/c1-23-11-9-15(20(23)26)25-12-10-21-18(25)16-7-8-17(27-16)19-22-13-5-3-4-6-14(13)24(19)2/h3-8,10,12,15H,9,11H2,1-2H3. The lowest BCUT2D eigenvalue weighted by Gasteiger charge is -2.13. The molecule has 3 aromatic heterocycles. The van der Waals surface area contributed by atoms with Crippen molar-refractivity contribution in [3.05, 3.63) is 48.8 Å². The van der Waals surface area contributed by atoms with E-state index < -0.39 is 0 Å². The monoisotopic (exact) mass is 361 g/mol. The average molecular weight is 361 g/mol. The van der Waals surface area contributed by atoms with Gasteiger partial charge in [-0.2, -0.15) is 0 Å². The number of hydrogen-bond donors (Lipinski definition) is 0. The first-order valence-electron chi connectivity index (χ1n) is 8.93. The Morgan fingerprint density at radius 3 is 2.59 bits per heavy atom. The van der Waals surface area contributed by atoms with E-state index in [0.29, 0.717) is 17.3 Å². The molecule has 4 heterocycles. The van der Waals surface area contributed by atoms with Crippen molar-refractivity contribution < 1.29 is 9.21 Å². The number of carbonyl (C=O) groups is 1. The number of aromatic nitrogens is 4. The molecular formula is C20H19N5O2. The normalized spacial score (nSPS) is 17.3. The van der Waals surface area contributed by atoms with Gasteiger partial charge < -0.3 is 18.5 Å². The number of nitrogens with zero attached hydrogens (tertiary/aromatic N) is 5. The summed E-state index contributed by atoms with van der Waals surface area (Å²) in [5.41, 5.74) is 1.97. The molecule has 5 rings (SSSR count). The molecule has 7 nitrogen and oxygen atoms in total. The second-order valence-corrected chi connectivity index (χ2v) is 6.87. The van der Waals surface area contributed by atoms with Crippen LogP contribution in [0.25, 0.3) is 34.2 Å². The molecule has 4 aromatic rings. The summed E-state index contributed by atoms with van der Waals surface area (Å²) in [5, 5.41) is 0. The number of likely N-dealkylation sites (N-methyl/N-ethyl adjacent to an activating group) is 1. The summed E-state index contributed by atoms with van der Waals surface area (Å²) >= 11 is 0. The van der Waals surface area contributed by atoms with Gasteiger partial charge in [0.2, 0.25) is 5.91 Å². The largest absolute Gasteiger partial charge is 0.450 e. The summed E-state index contributed by atoms with van der Waals surface area (Å²) in [7, 11) is 3.80. The number of rotatable bonds is 3. The molecule has 0 N–H and O–H groups in total. The minimum absolute atomic E-state index is 0.108. The number of furan rings is 1. The molecule has 0 radical (unpaired) electrons. The van der Waals surface area contributed by atoms with Crippen molar-refractivity contribution in [1.82, 2.24) is 24.0 Å². The van der Waals surface area contributed by atoms with Crippen molar-refractivity contribution >= 4 is 16.9 Å². The molecule has 1 aliphatic rings. The van der Waals surface area contributed by atoms with Gasteiger partial charge in [0.1, 0.15) is 6.04 Å². The van der Waals surface area contributed by atoms with E-state index in [1.807, 2.05) is 65.8 Å². The van der Waals surface area contributed by atoms with E-state index in [9.17, 15) is 4.79 Å². The van der Waals surface area contributed by atoms with Crippen molar-refractivity contribution in [3.63, 3.8) is 0 Å². The summed E-state index contributed by atoms with van der Waals surface area (Å²) in [6.07, 6.45) is 4.32.